The maximum Gasteiger partial charge on any atom is 0.434 e. The van der Waals surface area contributed by atoms with Gasteiger partial charge in [-0.25, -0.2) is 14.4 Å². The van der Waals surface area contributed by atoms with E-state index in [9.17, 15) is 22.4 Å². The van der Waals surface area contributed by atoms with Crippen molar-refractivity contribution in [3.63, 3.8) is 0 Å². The van der Waals surface area contributed by atoms with E-state index in [2.05, 4.69) is 9.97 Å². The molecule has 1 saturated heterocycles. The fourth-order valence-corrected chi connectivity index (χ4v) is 2.42. The lowest BCUT2D eigenvalue weighted by Gasteiger charge is -2.19. The van der Waals surface area contributed by atoms with E-state index in [0.717, 1.165) is 10.6 Å². The smallest absolute Gasteiger partial charge is 0.367 e. The number of hydrogen-bond donors (Lipinski definition) is 1. The summed E-state index contributed by atoms with van der Waals surface area (Å²) in [5.74, 6) is -1.01. The van der Waals surface area contributed by atoms with Gasteiger partial charge in [-0.05, 0) is 0 Å². The lowest BCUT2D eigenvalue weighted by atomic mass is 10.1. The number of rotatable bonds is 2. The number of nitrogens with two attached hydrogens (primary N) is 1. The predicted molar refractivity (Wildman–Crippen MR) is 67.9 cm³/mol. The first-order valence-electron chi connectivity index (χ1n) is 6.35. The Kier molecular flexibility index (Phi) is 3.01. The highest BCUT2D eigenvalue weighted by Gasteiger charge is 2.45. The minimum Gasteiger partial charge on any atom is -0.367 e. The Bertz CT molecular complexity index is 743. The number of halogens is 4. The molecule has 1 unspecified atom stereocenters. The number of alkyl halides is 4. The number of anilines is 1. The largest absolute Gasteiger partial charge is 0.434 e. The molecule has 2 aromatic heterocycles. The molecule has 2 aromatic rings. The van der Waals surface area contributed by atoms with E-state index < -0.39 is 23.4 Å². The zero-order chi connectivity index (χ0) is 16.1. The lowest BCUT2D eigenvalue weighted by Crippen LogP contribution is -2.42. The molecule has 0 saturated carbocycles. The number of nitrogens with zero attached hydrogens (tertiary/aromatic N) is 4. The molecule has 3 rings (SSSR count). The highest BCUT2D eigenvalue weighted by molar-refractivity contribution is 5.85. The molecule has 1 fully saturated rings. The summed E-state index contributed by atoms with van der Waals surface area (Å²) in [6, 6.07) is 0. The van der Waals surface area contributed by atoms with E-state index >= 15 is 0 Å². The van der Waals surface area contributed by atoms with E-state index in [0.29, 0.717) is 0 Å². The Hall–Kier alpha value is -2.39. The highest BCUT2D eigenvalue weighted by atomic mass is 19.4. The summed E-state index contributed by atoms with van der Waals surface area (Å²) in [5.41, 5.74) is 1.68. The topological polar surface area (TPSA) is 76.5 Å². The Morgan fingerprint density at radius 1 is 1.41 bits per heavy atom. The van der Waals surface area contributed by atoms with Gasteiger partial charge in [0.1, 0.15) is 0 Å². The van der Waals surface area contributed by atoms with Crippen LogP contribution >= 0.6 is 0 Å². The van der Waals surface area contributed by atoms with Gasteiger partial charge in [0.25, 0.3) is 5.91 Å². The molecule has 1 aliphatic heterocycles. The monoisotopic (exact) mass is 317 g/mol. The molecule has 0 bridgehead atoms. The number of imidazole rings is 1. The van der Waals surface area contributed by atoms with Gasteiger partial charge in [0.2, 0.25) is 5.67 Å². The van der Waals surface area contributed by atoms with Crippen molar-refractivity contribution in [1.29, 1.82) is 0 Å². The Morgan fingerprint density at radius 3 is 2.73 bits per heavy atom. The van der Waals surface area contributed by atoms with Gasteiger partial charge >= 0.3 is 6.18 Å². The molecule has 10 heteroatoms. The molecule has 2 N–H and O–H groups in total. The van der Waals surface area contributed by atoms with Gasteiger partial charge in [-0.3, -0.25) is 4.79 Å². The maximum absolute atomic E-state index is 14.2. The third-order valence-corrected chi connectivity index (χ3v) is 3.61. The number of amides is 1. The number of aromatic nitrogens is 3. The zero-order valence-corrected chi connectivity index (χ0v) is 11.1. The molecule has 0 aromatic carbocycles. The number of carbonyl (C=O) groups excluding carboxylic acids is 1. The van der Waals surface area contributed by atoms with E-state index in [1.54, 1.807) is 0 Å². The predicted octanol–water partition coefficient (Wildman–Crippen LogP) is 1.15. The molecule has 1 aliphatic rings. The van der Waals surface area contributed by atoms with Crippen LogP contribution in [0.5, 0.6) is 0 Å². The standard InChI is InChI=1S/C12H11F4N5O/c13-11(10(17)22)1-3-21(6-11)8-9-19-7(12(14,15)16)5-20(9)4-2-18-8/h2,4-5H,1,3,6H2,(H2,17,22). The SMILES string of the molecule is NC(=O)C1(F)CCN(c2nccn3cc(C(F)(F)F)nc23)C1. The molecule has 118 valence electrons. The van der Waals surface area contributed by atoms with E-state index in [1.807, 2.05) is 0 Å². The van der Waals surface area contributed by atoms with Gasteiger partial charge in [-0.15, -0.1) is 0 Å². The fourth-order valence-electron chi connectivity index (χ4n) is 2.42. The number of hydrogen-bond acceptors (Lipinski definition) is 4. The Labute approximate surface area is 121 Å². The second-order valence-electron chi connectivity index (χ2n) is 5.11. The van der Waals surface area contributed by atoms with Crippen molar-refractivity contribution in [2.75, 3.05) is 18.0 Å². The lowest BCUT2D eigenvalue weighted by molar-refractivity contribution is -0.140. The van der Waals surface area contributed by atoms with Gasteiger partial charge in [0, 0.05) is 31.6 Å². The average molecular weight is 317 g/mol. The second kappa shape index (κ2) is 4.55. The molecular weight excluding hydrogens is 306 g/mol. The summed E-state index contributed by atoms with van der Waals surface area (Å²) in [6.07, 6.45) is -1.31. The first kappa shape index (κ1) is 14.5. The van der Waals surface area contributed by atoms with Crippen LogP contribution < -0.4 is 10.6 Å². The van der Waals surface area contributed by atoms with Crippen molar-refractivity contribution in [1.82, 2.24) is 14.4 Å². The van der Waals surface area contributed by atoms with Crippen molar-refractivity contribution in [3.8, 4) is 0 Å². The second-order valence-corrected chi connectivity index (χ2v) is 5.11. The van der Waals surface area contributed by atoms with Gasteiger partial charge in [0.15, 0.2) is 17.2 Å². The van der Waals surface area contributed by atoms with Crippen LogP contribution in [0, 0.1) is 0 Å². The van der Waals surface area contributed by atoms with Crippen molar-refractivity contribution < 1.29 is 22.4 Å². The van der Waals surface area contributed by atoms with Crippen molar-refractivity contribution in [2.45, 2.75) is 18.3 Å². The molecule has 6 nitrogen and oxygen atoms in total. The van der Waals surface area contributed by atoms with Gasteiger partial charge in [0.05, 0.1) is 6.54 Å². The maximum atomic E-state index is 14.2. The van der Waals surface area contributed by atoms with Crippen LogP contribution in [0.25, 0.3) is 5.65 Å². The van der Waals surface area contributed by atoms with Crippen LogP contribution in [-0.4, -0.2) is 39.0 Å². The quantitative estimate of drug-likeness (QED) is 0.843. The minimum absolute atomic E-state index is 0.0523. The first-order valence-corrected chi connectivity index (χ1v) is 6.35. The van der Waals surface area contributed by atoms with Crippen LogP contribution in [0.1, 0.15) is 12.1 Å². The number of primary amides is 1. The Balaban J connectivity index is 2.02. The van der Waals surface area contributed by atoms with Gasteiger partial charge in [-0.2, -0.15) is 13.2 Å². The van der Waals surface area contributed by atoms with Crippen molar-refractivity contribution in [2.24, 2.45) is 5.73 Å². The van der Waals surface area contributed by atoms with Crippen LogP contribution in [0.15, 0.2) is 18.6 Å². The third kappa shape index (κ3) is 2.24. The molecule has 0 aliphatic carbocycles. The summed E-state index contributed by atoms with van der Waals surface area (Å²) < 4.78 is 53.6. The molecule has 1 atom stereocenters. The summed E-state index contributed by atoms with van der Waals surface area (Å²) >= 11 is 0. The molecular formula is C12H11F4N5O. The van der Waals surface area contributed by atoms with Crippen molar-refractivity contribution in [3.05, 3.63) is 24.3 Å². The average Bonchev–Trinajstić information content (AvgIpc) is 3.02. The van der Waals surface area contributed by atoms with Gasteiger partial charge < -0.3 is 15.0 Å². The van der Waals surface area contributed by atoms with Crippen LogP contribution in [0.4, 0.5) is 23.4 Å². The summed E-state index contributed by atoms with van der Waals surface area (Å²) in [6.45, 7) is -0.246. The van der Waals surface area contributed by atoms with E-state index in [4.69, 9.17) is 5.73 Å². The summed E-state index contributed by atoms with van der Waals surface area (Å²) in [4.78, 5) is 20.0. The van der Waals surface area contributed by atoms with E-state index in [-0.39, 0.29) is 31.0 Å². The third-order valence-electron chi connectivity index (χ3n) is 3.61. The van der Waals surface area contributed by atoms with Gasteiger partial charge in [-0.1, -0.05) is 0 Å². The zero-order valence-electron chi connectivity index (χ0n) is 11.1. The fraction of sp³-hybridized carbons (Fsp3) is 0.417. The Morgan fingerprint density at radius 2 is 2.14 bits per heavy atom. The summed E-state index contributed by atoms with van der Waals surface area (Å²) in [5, 5.41) is 0. The molecule has 0 spiro atoms. The number of carbonyl (C=O) groups is 1. The van der Waals surface area contributed by atoms with Crippen LogP contribution in [0.2, 0.25) is 0 Å². The molecule has 0 radical (unpaired) electrons. The number of fused-ring (bicyclic) bond motifs is 1. The molecule has 3 heterocycles. The van der Waals surface area contributed by atoms with Crippen molar-refractivity contribution >= 4 is 17.4 Å². The van der Waals surface area contributed by atoms with Crippen LogP contribution in [0.3, 0.4) is 0 Å². The van der Waals surface area contributed by atoms with E-state index in [1.165, 1.54) is 17.3 Å². The minimum atomic E-state index is -4.59. The molecule has 22 heavy (non-hydrogen) atoms. The first-order chi connectivity index (χ1) is 10.2. The summed E-state index contributed by atoms with van der Waals surface area (Å²) in [7, 11) is 0. The molecule has 1 amide bonds. The highest BCUT2D eigenvalue weighted by Crippen LogP contribution is 2.33. The van der Waals surface area contributed by atoms with Crippen LogP contribution in [-0.2, 0) is 11.0 Å². The normalized spacial score (nSPS) is 22.5.